The number of nitrogens with zero attached hydrogens (tertiary/aromatic N) is 7. The van der Waals surface area contributed by atoms with Crippen molar-refractivity contribution in [2.24, 2.45) is 0 Å². The minimum absolute atomic E-state index is 0.184. The molecule has 2 atom stereocenters. The van der Waals surface area contributed by atoms with Gasteiger partial charge in [-0.2, -0.15) is 5.10 Å². The van der Waals surface area contributed by atoms with E-state index in [-0.39, 0.29) is 12.1 Å². The fraction of sp³-hybridized carbons (Fsp3) is 0.278. The number of hydrogen-bond donors (Lipinski definition) is 2. The highest BCUT2D eigenvalue weighted by Crippen LogP contribution is 2.28. The summed E-state index contributed by atoms with van der Waals surface area (Å²) >= 11 is 3.41. The van der Waals surface area contributed by atoms with E-state index in [1.807, 2.05) is 29.1 Å². The monoisotopic (exact) mass is 439 g/mol. The summed E-state index contributed by atoms with van der Waals surface area (Å²) in [6.07, 6.45) is 11.0. The highest BCUT2D eigenvalue weighted by molar-refractivity contribution is 9.10. The molecule has 0 amide bonds. The Bertz CT molecular complexity index is 1110. The zero-order chi connectivity index (χ0) is 19.1. The number of nitrogens with one attached hydrogen (secondary N) is 2. The minimum atomic E-state index is 0.184. The first kappa shape index (κ1) is 17.3. The molecular formula is C18H18BrN9. The molecule has 1 aliphatic heterocycles. The Kier molecular flexibility index (Phi) is 4.29. The Morgan fingerprint density at radius 2 is 2.11 bits per heavy atom. The largest absolute Gasteiger partial charge is 0.351 e. The standard InChI is InChI=1S/C18H18BrN9/c1-11-17(12-6-24-25-7-12)20-4-5-27(11)15-2-3-21-18(26-15)13-8-23-16-9-22-14(19)10-28(13)16/h2-3,6-11,17,20H,4-5H2,1H3,(H,24,25). The van der Waals surface area contributed by atoms with E-state index < -0.39 is 0 Å². The summed E-state index contributed by atoms with van der Waals surface area (Å²) in [5.74, 6) is 1.53. The Hall–Kier alpha value is -2.85. The van der Waals surface area contributed by atoms with Crippen LogP contribution in [0.2, 0.25) is 0 Å². The van der Waals surface area contributed by atoms with Crippen molar-refractivity contribution >= 4 is 27.4 Å². The summed E-state index contributed by atoms with van der Waals surface area (Å²) in [5, 5.41) is 10.6. The average Bonchev–Trinajstić information content (AvgIpc) is 3.38. The smallest absolute Gasteiger partial charge is 0.180 e. The molecule has 4 aromatic rings. The molecule has 5 rings (SSSR count). The fourth-order valence-electron chi connectivity index (χ4n) is 3.71. The zero-order valence-corrected chi connectivity index (χ0v) is 16.7. The average molecular weight is 440 g/mol. The van der Waals surface area contributed by atoms with Crippen LogP contribution in [0, 0.1) is 0 Å². The van der Waals surface area contributed by atoms with Gasteiger partial charge in [-0.3, -0.25) is 9.50 Å². The molecule has 0 aliphatic carbocycles. The number of aromatic amines is 1. The lowest BCUT2D eigenvalue weighted by atomic mass is 10.00. The minimum Gasteiger partial charge on any atom is -0.351 e. The van der Waals surface area contributed by atoms with Crippen LogP contribution in [0.1, 0.15) is 18.5 Å². The Morgan fingerprint density at radius 1 is 1.18 bits per heavy atom. The van der Waals surface area contributed by atoms with Crippen LogP contribution < -0.4 is 10.2 Å². The van der Waals surface area contributed by atoms with E-state index in [2.05, 4.69) is 58.2 Å². The van der Waals surface area contributed by atoms with Gasteiger partial charge in [-0.25, -0.2) is 19.9 Å². The molecule has 4 aromatic heterocycles. The normalized spacial score (nSPS) is 20.0. The van der Waals surface area contributed by atoms with Gasteiger partial charge in [-0.1, -0.05) is 0 Å². The summed E-state index contributed by atoms with van der Waals surface area (Å²) < 4.78 is 2.67. The van der Waals surface area contributed by atoms with Crippen molar-refractivity contribution in [3.8, 4) is 11.5 Å². The van der Waals surface area contributed by atoms with Gasteiger partial charge >= 0.3 is 0 Å². The third kappa shape index (κ3) is 2.94. The maximum absolute atomic E-state index is 4.85. The molecule has 2 N–H and O–H groups in total. The third-order valence-electron chi connectivity index (χ3n) is 5.10. The molecule has 0 radical (unpaired) electrons. The van der Waals surface area contributed by atoms with Gasteiger partial charge in [0, 0.05) is 43.3 Å². The predicted molar refractivity (Wildman–Crippen MR) is 108 cm³/mol. The number of rotatable bonds is 3. The van der Waals surface area contributed by atoms with Crippen LogP contribution in [0.5, 0.6) is 0 Å². The molecule has 2 unspecified atom stereocenters. The maximum Gasteiger partial charge on any atom is 0.180 e. The topological polar surface area (TPSA) is 99.9 Å². The quantitative estimate of drug-likeness (QED) is 0.504. The van der Waals surface area contributed by atoms with Crippen molar-refractivity contribution in [2.75, 3.05) is 18.0 Å². The van der Waals surface area contributed by atoms with Crippen LogP contribution in [-0.4, -0.2) is 53.7 Å². The molecular weight excluding hydrogens is 422 g/mol. The van der Waals surface area contributed by atoms with E-state index in [0.29, 0.717) is 5.82 Å². The Morgan fingerprint density at radius 3 is 2.96 bits per heavy atom. The lowest BCUT2D eigenvalue weighted by Crippen LogP contribution is -2.52. The van der Waals surface area contributed by atoms with Crippen molar-refractivity contribution in [3.63, 3.8) is 0 Å². The first-order chi connectivity index (χ1) is 13.7. The second kappa shape index (κ2) is 6.95. The molecule has 1 aliphatic rings. The Balaban J connectivity index is 1.51. The fourth-order valence-corrected chi connectivity index (χ4v) is 4.02. The number of imidazole rings is 1. The SMILES string of the molecule is CC1C(c2cn[nH]c2)NCCN1c1ccnc(-c2cnc3cnc(Br)cn23)n1. The number of anilines is 1. The van der Waals surface area contributed by atoms with E-state index in [1.165, 1.54) is 0 Å². The van der Waals surface area contributed by atoms with Crippen LogP contribution >= 0.6 is 15.9 Å². The number of hydrogen-bond acceptors (Lipinski definition) is 7. The van der Waals surface area contributed by atoms with Crippen LogP contribution in [0.3, 0.4) is 0 Å². The zero-order valence-electron chi connectivity index (χ0n) is 15.1. The van der Waals surface area contributed by atoms with E-state index in [1.54, 1.807) is 18.6 Å². The number of halogens is 1. The van der Waals surface area contributed by atoms with E-state index in [0.717, 1.165) is 40.4 Å². The summed E-state index contributed by atoms with van der Waals surface area (Å²) in [4.78, 5) is 20.3. The van der Waals surface area contributed by atoms with Crippen molar-refractivity contribution in [1.29, 1.82) is 0 Å². The second-order valence-corrected chi connectivity index (χ2v) is 7.53. The van der Waals surface area contributed by atoms with Crippen LogP contribution in [0.4, 0.5) is 5.82 Å². The first-order valence-corrected chi connectivity index (χ1v) is 9.81. The highest BCUT2D eigenvalue weighted by Gasteiger charge is 2.30. The summed E-state index contributed by atoms with van der Waals surface area (Å²) in [5.41, 5.74) is 2.72. The van der Waals surface area contributed by atoms with Crippen LogP contribution in [0.15, 0.2) is 47.9 Å². The van der Waals surface area contributed by atoms with Gasteiger partial charge < -0.3 is 10.2 Å². The Labute approximate surface area is 169 Å². The van der Waals surface area contributed by atoms with Gasteiger partial charge in [0.1, 0.15) is 16.1 Å². The highest BCUT2D eigenvalue weighted by atomic mass is 79.9. The van der Waals surface area contributed by atoms with Gasteiger partial charge in [-0.05, 0) is 28.9 Å². The lowest BCUT2D eigenvalue weighted by molar-refractivity contribution is 0.389. The maximum atomic E-state index is 4.85. The van der Waals surface area contributed by atoms with E-state index in [9.17, 15) is 0 Å². The van der Waals surface area contributed by atoms with Crippen LogP contribution in [0.25, 0.3) is 17.2 Å². The van der Waals surface area contributed by atoms with Crippen LogP contribution in [-0.2, 0) is 0 Å². The van der Waals surface area contributed by atoms with E-state index >= 15 is 0 Å². The van der Waals surface area contributed by atoms with Crippen molar-refractivity contribution in [3.05, 3.63) is 53.4 Å². The third-order valence-corrected chi connectivity index (χ3v) is 5.51. The lowest BCUT2D eigenvalue weighted by Gasteiger charge is -2.40. The molecule has 9 nitrogen and oxygen atoms in total. The molecule has 0 spiro atoms. The number of fused-ring (bicyclic) bond motifs is 1. The number of piperazine rings is 1. The van der Waals surface area contributed by atoms with Gasteiger partial charge in [0.05, 0.1) is 24.6 Å². The summed E-state index contributed by atoms with van der Waals surface area (Å²) in [7, 11) is 0. The molecule has 1 saturated heterocycles. The van der Waals surface area contributed by atoms with E-state index in [4.69, 9.17) is 4.98 Å². The molecule has 28 heavy (non-hydrogen) atoms. The predicted octanol–water partition coefficient (Wildman–Crippen LogP) is 2.21. The number of aromatic nitrogens is 7. The molecule has 1 fully saturated rings. The summed E-state index contributed by atoms with van der Waals surface area (Å²) in [6, 6.07) is 2.36. The molecule has 10 heteroatoms. The van der Waals surface area contributed by atoms with Gasteiger partial charge in [0.2, 0.25) is 0 Å². The molecule has 0 bridgehead atoms. The van der Waals surface area contributed by atoms with Gasteiger partial charge in [0.25, 0.3) is 0 Å². The summed E-state index contributed by atoms with van der Waals surface area (Å²) in [6.45, 7) is 3.94. The van der Waals surface area contributed by atoms with Crippen molar-refractivity contribution < 1.29 is 0 Å². The van der Waals surface area contributed by atoms with Gasteiger partial charge in [0.15, 0.2) is 11.5 Å². The molecule has 5 heterocycles. The molecule has 142 valence electrons. The number of H-pyrrole nitrogens is 1. The van der Waals surface area contributed by atoms with Gasteiger partial charge in [-0.15, -0.1) is 0 Å². The molecule has 0 aromatic carbocycles. The van der Waals surface area contributed by atoms with Crippen molar-refractivity contribution in [2.45, 2.75) is 19.0 Å². The second-order valence-electron chi connectivity index (χ2n) is 6.72. The molecule has 0 saturated carbocycles. The van der Waals surface area contributed by atoms with Crippen molar-refractivity contribution in [1.82, 2.24) is 39.9 Å². The first-order valence-electron chi connectivity index (χ1n) is 9.01.